The Balaban J connectivity index is 2.82. The number of benzene rings is 1. The van der Waals surface area contributed by atoms with Crippen molar-refractivity contribution in [3.05, 3.63) is 29.8 Å². The minimum atomic E-state index is -3.79. The van der Waals surface area contributed by atoms with Crippen LogP contribution in [0.5, 0.6) is 0 Å². The number of sulfonamides is 1. The van der Waals surface area contributed by atoms with Gasteiger partial charge in [-0.3, -0.25) is 4.79 Å². The van der Waals surface area contributed by atoms with Crippen LogP contribution in [0.3, 0.4) is 0 Å². The van der Waals surface area contributed by atoms with Crippen molar-refractivity contribution in [2.75, 3.05) is 20.8 Å². The summed E-state index contributed by atoms with van der Waals surface area (Å²) in [6.45, 7) is -0.0859. The molecule has 0 saturated carbocycles. The first-order valence-corrected chi connectivity index (χ1v) is 7.14. The maximum atomic E-state index is 11.9. The van der Waals surface area contributed by atoms with Crippen LogP contribution >= 0.6 is 0 Å². The summed E-state index contributed by atoms with van der Waals surface area (Å²) in [6.07, 6.45) is -0.0770. The van der Waals surface area contributed by atoms with Crippen molar-refractivity contribution >= 4 is 22.0 Å². The molecule has 0 aliphatic rings. The van der Waals surface area contributed by atoms with E-state index in [-0.39, 0.29) is 23.4 Å². The van der Waals surface area contributed by atoms with Crippen LogP contribution in [0.25, 0.3) is 0 Å². The summed E-state index contributed by atoms with van der Waals surface area (Å²) >= 11 is 0. The highest BCUT2D eigenvalue weighted by Gasteiger charge is 2.16. The first kappa shape index (κ1) is 16.1. The molecule has 0 radical (unpaired) electrons. The topological polar surface area (TPSA) is 98.8 Å². The van der Waals surface area contributed by atoms with Crippen molar-refractivity contribution in [2.45, 2.75) is 11.3 Å². The Morgan fingerprint density at radius 3 is 2.50 bits per heavy atom. The zero-order valence-corrected chi connectivity index (χ0v) is 11.9. The molecule has 0 aliphatic carbocycles. The largest absolute Gasteiger partial charge is 0.469 e. The Labute approximate surface area is 116 Å². The van der Waals surface area contributed by atoms with E-state index < -0.39 is 22.0 Å². The fraction of sp³-hybridized carbons (Fsp3) is 0.333. The van der Waals surface area contributed by atoms with E-state index in [2.05, 4.69) is 14.2 Å². The summed E-state index contributed by atoms with van der Waals surface area (Å²) in [5, 5.41) is 0. The van der Waals surface area contributed by atoms with Gasteiger partial charge in [0.25, 0.3) is 0 Å². The van der Waals surface area contributed by atoms with Gasteiger partial charge >= 0.3 is 11.9 Å². The molecule has 0 fully saturated rings. The van der Waals surface area contributed by atoms with Crippen molar-refractivity contribution in [3.63, 3.8) is 0 Å². The van der Waals surface area contributed by atoms with Crippen LogP contribution in [0.2, 0.25) is 0 Å². The number of carbonyl (C=O) groups excluding carboxylic acids is 2. The van der Waals surface area contributed by atoms with Crippen LogP contribution in [0.1, 0.15) is 16.8 Å². The molecule has 0 amide bonds. The molecule has 8 heteroatoms. The summed E-state index contributed by atoms with van der Waals surface area (Å²) in [5.74, 6) is -1.15. The fourth-order valence-corrected chi connectivity index (χ4v) is 2.46. The third-order valence-corrected chi connectivity index (χ3v) is 3.87. The van der Waals surface area contributed by atoms with Gasteiger partial charge in [-0.2, -0.15) is 0 Å². The standard InChI is InChI=1S/C12H15NO6S/c1-18-11(14)6-7-13-20(16,17)10-5-3-4-9(8-10)12(15)19-2/h3-5,8,13H,6-7H2,1-2H3. The summed E-state index contributed by atoms with van der Waals surface area (Å²) in [7, 11) is -1.37. The van der Waals surface area contributed by atoms with Gasteiger partial charge in [-0.25, -0.2) is 17.9 Å². The Hall–Kier alpha value is -1.93. The van der Waals surface area contributed by atoms with E-state index in [4.69, 9.17) is 0 Å². The fourth-order valence-electron chi connectivity index (χ4n) is 1.38. The van der Waals surface area contributed by atoms with Gasteiger partial charge in [-0.15, -0.1) is 0 Å². The normalized spacial score (nSPS) is 10.9. The lowest BCUT2D eigenvalue weighted by Crippen LogP contribution is -2.26. The van der Waals surface area contributed by atoms with E-state index in [0.29, 0.717) is 0 Å². The molecule has 110 valence electrons. The second kappa shape index (κ2) is 7.01. The van der Waals surface area contributed by atoms with Crippen molar-refractivity contribution in [2.24, 2.45) is 0 Å². The number of carbonyl (C=O) groups is 2. The van der Waals surface area contributed by atoms with Gasteiger partial charge in [0.1, 0.15) is 0 Å². The molecule has 20 heavy (non-hydrogen) atoms. The molecule has 0 atom stereocenters. The van der Waals surface area contributed by atoms with Crippen LogP contribution in [-0.2, 0) is 24.3 Å². The van der Waals surface area contributed by atoms with Crippen molar-refractivity contribution in [1.82, 2.24) is 4.72 Å². The molecule has 0 saturated heterocycles. The van der Waals surface area contributed by atoms with Gasteiger partial charge in [-0.05, 0) is 18.2 Å². The highest BCUT2D eigenvalue weighted by Crippen LogP contribution is 2.12. The molecule has 0 spiro atoms. The minimum absolute atomic E-state index is 0.0770. The molecule has 1 aromatic carbocycles. The highest BCUT2D eigenvalue weighted by molar-refractivity contribution is 7.89. The first-order valence-electron chi connectivity index (χ1n) is 5.65. The van der Waals surface area contributed by atoms with Gasteiger partial charge in [0, 0.05) is 6.54 Å². The van der Waals surface area contributed by atoms with Gasteiger partial charge < -0.3 is 9.47 Å². The third-order valence-electron chi connectivity index (χ3n) is 2.41. The number of hydrogen-bond donors (Lipinski definition) is 1. The lowest BCUT2D eigenvalue weighted by molar-refractivity contribution is -0.140. The second-order valence-corrected chi connectivity index (χ2v) is 5.51. The predicted octanol–water partition coefficient (Wildman–Crippen LogP) is 0.315. The van der Waals surface area contributed by atoms with Crippen LogP contribution in [0.15, 0.2) is 29.2 Å². The van der Waals surface area contributed by atoms with E-state index in [0.717, 1.165) is 0 Å². The first-order chi connectivity index (χ1) is 9.40. The van der Waals surface area contributed by atoms with Crippen LogP contribution < -0.4 is 4.72 Å². The van der Waals surface area contributed by atoms with Gasteiger partial charge in [0.15, 0.2) is 0 Å². The minimum Gasteiger partial charge on any atom is -0.469 e. The molecule has 0 unspecified atom stereocenters. The average molecular weight is 301 g/mol. The maximum Gasteiger partial charge on any atom is 0.337 e. The van der Waals surface area contributed by atoms with E-state index in [1.807, 2.05) is 0 Å². The van der Waals surface area contributed by atoms with Gasteiger partial charge in [-0.1, -0.05) is 6.07 Å². The van der Waals surface area contributed by atoms with Crippen LogP contribution in [0.4, 0.5) is 0 Å². The molecule has 0 heterocycles. The molecule has 1 aromatic rings. The third kappa shape index (κ3) is 4.32. The number of hydrogen-bond acceptors (Lipinski definition) is 6. The molecule has 7 nitrogen and oxygen atoms in total. The molecular formula is C12H15NO6S. The van der Waals surface area contributed by atoms with E-state index >= 15 is 0 Å². The zero-order valence-electron chi connectivity index (χ0n) is 11.1. The molecule has 0 aliphatic heterocycles. The molecular weight excluding hydrogens is 286 g/mol. The summed E-state index contributed by atoms with van der Waals surface area (Å²) in [4.78, 5) is 22.2. The van der Waals surface area contributed by atoms with Crippen LogP contribution in [-0.4, -0.2) is 41.1 Å². The smallest absolute Gasteiger partial charge is 0.337 e. The summed E-state index contributed by atoms with van der Waals surface area (Å²) in [6, 6.07) is 5.42. The maximum absolute atomic E-state index is 11.9. The highest BCUT2D eigenvalue weighted by atomic mass is 32.2. The number of rotatable bonds is 6. The number of methoxy groups -OCH3 is 2. The lowest BCUT2D eigenvalue weighted by atomic mass is 10.2. The van der Waals surface area contributed by atoms with Gasteiger partial charge in [0.2, 0.25) is 10.0 Å². The molecule has 1 rings (SSSR count). The SMILES string of the molecule is COC(=O)CCNS(=O)(=O)c1cccc(C(=O)OC)c1. The Morgan fingerprint density at radius 2 is 1.90 bits per heavy atom. The quantitative estimate of drug-likeness (QED) is 0.759. The predicted molar refractivity (Wildman–Crippen MR) is 69.6 cm³/mol. The average Bonchev–Trinajstić information content (AvgIpc) is 2.46. The monoisotopic (exact) mass is 301 g/mol. The van der Waals surface area contributed by atoms with Crippen molar-refractivity contribution in [3.8, 4) is 0 Å². The molecule has 0 aromatic heterocycles. The number of nitrogens with one attached hydrogen (secondary N) is 1. The van der Waals surface area contributed by atoms with Crippen molar-refractivity contribution < 1.29 is 27.5 Å². The van der Waals surface area contributed by atoms with Crippen molar-refractivity contribution in [1.29, 1.82) is 0 Å². The van der Waals surface area contributed by atoms with Gasteiger partial charge in [0.05, 0.1) is 31.1 Å². The Morgan fingerprint density at radius 1 is 1.20 bits per heavy atom. The molecule has 1 N–H and O–H groups in total. The lowest BCUT2D eigenvalue weighted by Gasteiger charge is -2.07. The van der Waals surface area contributed by atoms with E-state index in [9.17, 15) is 18.0 Å². The van der Waals surface area contributed by atoms with E-state index in [1.165, 1.54) is 38.5 Å². The summed E-state index contributed by atoms with van der Waals surface area (Å²) in [5.41, 5.74) is 0.128. The number of esters is 2. The molecule has 0 bridgehead atoms. The second-order valence-electron chi connectivity index (χ2n) is 3.74. The van der Waals surface area contributed by atoms with Crippen LogP contribution in [0, 0.1) is 0 Å². The number of ether oxygens (including phenoxy) is 2. The zero-order chi connectivity index (χ0) is 15.2. The Kier molecular flexibility index (Phi) is 5.66. The Bertz CT molecular complexity index is 596. The van der Waals surface area contributed by atoms with E-state index in [1.54, 1.807) is 0 Å². The summed E-state index contributed by atoms with van der Waals surface area (Å²) < 4.78 is 35.1.